The average Bonchev–Trinajstić information content (AvgIpc) is 2.91. The van der Waals surface area contributed by atoms with Gasteiger partial charge in [0.25, 0.3) is 0 Å². The molecule has 0 aliphatic carbocycles. The zero-order valence-corrected chi connectivity index (χ0v) is 18.8. The van der Waals surface area contributed by atoms with Crippen LogP contribution in [-0.2, 0) is 15.2 Å². The highest BCUT2D eigenvalue weighted by Gasteiger charge is 2.26. The molecule has 0 unspecified atom stereocenters. The number of halogens is 1. The summed E-state index contributed by atoms with van der Waals surface area (Å²) in [6, 6.07) is 14.6. The summed E-state index contributed by atoms with van der Waals surface area (Å²) >= 11 is 8.16. The van der Waals surface area contributed by atoms with Crippen molar-refractivity contribution in [2.24, 2.45) is 0 Å². The number of amides is 1. The van der Waals surface area contributed by atoms with Gasteiger partial charge < -0.3 is 14.4 Å². The summed E-state index contributed by atoms with van der Waals surface area (Å²) in [4.78, 5) is 17.2. The quantitative estimate of drug-likeness (QED) is 0.658. The molecule has 2 heterocycles. The number of ether oxygens (including phenoxy) is 2. The molecule has 0 spiro atoms. The Morgan fingerprint density at radius 3 is 2.73 bits per heavy atom. The molecule has 7 heteroatoms. The number of fused-ring (bicyclic) bond motifs is 2. The van der Waals surface area contributed by atoms with Gasteiger partial charge in [-0.1, -0.05) is 35.9 Å². The van der Waals surface area contributed by atoms with Crippen LogP contribution >= 0.6 is 23.4 Å². The normalized spacial score (nSPS) is 19.0. The van der Waals surface area contributed by atoms with Crippen LogP contribution in [-0.4, -0.2) is 61.8 Å². The topological polar surface area (TPSA) is 42.0 Å². The number of thioether (sulfide) groups is 1. The third kappa shape index (κ3) is 4.94. The van der Waals surface area contributed by atoms with Crippen LogP contribution in [0, 0.1) is 0 Å². The van der Waals surface area contributed by atoms with Gasteiger partial charge in [-0.2, -0.15) is 0 Å². The van der Waals surface area contributed by atoms with Crippen LogP contribution in [0.3, 0.4) is 0 Å². The number of benzene rings is 2. The highest BCUT2D eigenvalue weighted by molar-refractivity contribution is 7.98. The van der Waals surface area contributed by atoms with Crippen molar-refractivity contribution in [3.8, 4) is 0 Å². The number of carbonyl (C=O) groups excluding carboxylic acids is 1. The van der Waals surface area contributed by atoms with Gasteiger partial charge in [0.15, 0.2) is 0 Å². The number of piperazine rings is 1. The Hall–Kier alpha value is -1.73. The zero-order chi connectivity index (χ0) is 20.9. The molecule has 1 saturated heterocycles. The van der Waals surface area contributed by atoms with Gasteiger partial charge in [-0.3, -0.25) is 4.90 Å². The first-order chi connectivity index (χ1) is 14.7. The summed E-state index contributed by atoms with van der Waals surface area (Å²) < 4.78 is 11.6. The molecular formula is C23H27ClN2O3S. The van der Waals surface area contributed by atoms with Gasteiger partial charge in [-0.25, -0.2) is 4.79 Å². The van der Waals surface area contributed by atoms with Gasteiger partial charge in [0.1, 0.15) is 6.10 Å². The summed E-state index contributed by atoms with van der Waals surface area (Å²) in [7, 11) is 0. The van der Waals surface area contributed by atoms with Crippen molar-refractivity contribution >= 4 is 29.5 Å². The molecule has 0 N–H and O–H groups in total. The van der Waals surface area contributed by atoms with E-state index < -0.39 is 0 Å². The lowest BCUT2D eigenvalue weighted by atomic mass is 9.97. The van der Waals surface area contributed by atoms with Crippen LogP contribution in [0.5, 0.6) is 0 Å². The maximum Gasteiger partial charge on any atom is 0.409 e. The van der Waals surface area contributed by atoms with E-state index >= 15 is 0 Å². The maximum absolute atomic E-state index is 11.9. The molecule has 160 valence electrons. The van der Waals surface area contributed by atoms with Crippen molar-refractivity contribution in [1.29, 1.82) is 0 Å². The predicted octanol–water partition coefficient (Wildman–Crippen LogP) is 4.83. The van der Waals surface area contributed by atoms with Crippen molar-refractivity contribution in [3.63, 3.8) is 0 Å². The van der Waals surface area contributed by atoms with Crippen LogP contribution in [0.4, 0.5) is 4.79 Å². The molecule has 0 saturated carbocycles. The molecule has 5 nitrogen and oxygen atoms in total. The first-order valence-corrected chi connectivity index (χ1v) is 11.8. The monoisotopic (exact) mass is 446 g/mol. The van der Waals surface area contributed by atoms with Gasteiger partial charge >= 0.3 is 6.09 Å². The van der Waals surface area contributed by atoms with Gasteiger partial charge in [-0.05, 0) is 36.2 Å². The van der Waals surface area contributed by atoms with Crippen LogP contribution in [0.15, 0.2) is 47.4 Å². The third-order valence-corrected chi connectivity index (χ3v) is 6.94. The minimum Gasteiger partial charge on any atom is -0.450 e. The zero-order valence-electron chi connectivity index (χ0n) is 17.2. The number of hydrogen-bond acceptors (Lipinski definition) is 5. The number of nitrogens with zero attached hydrogens (tertiary/aromatic N) is 2. The Morgan fingerprint density at radius 2 is 1.93 bits per heavy atom. The second-order valence-electron chi connectivity index (χ2n) is 7.45. The fourth-order valence-electron chi connectivity index (χ4n) is 3.95. The van der Waals surface area contributed by atoms with E-state index in [4.69, 9.17) is 21.1 Å². The lowest BCUT2D eigenvalue weighted by molar-refractivity contribution is 0.0403. The van der Waals surface area contributed by atoms with Crippen molar-refractivity contribution in [2.45, 2.75) is 23.7 Å². The van der Waals surface area contributed by atoms with Crippen LogP contribution < -0.4 is 0 Å². The molecule has 1 amide bonds. The number of rotatable bonds is 5. The summed E-state index contributed by atoms with van der Waals surface area (Å²) in [5.41, 5.74) is 3.67. The van der Waals surface area contributed by atoms with E-state index in [0.29, 0.717) is 26.3 Å². The van der Waals surface area contributed by atoms with Gasteiger partial charge in [0.05, 0.1) is 13.2 Å². The molecule has 30 heavy (non-hydrogen) atoms. The summed E-state index contributed by atoms with van der Waals surface area (Å²) in [5, 5.41) is 0.734. The molecule has 0 bridgehead atoms. The Bertz CT molecular complexity index is 887. The Morgan fingerprint density at radius 1 is 1.13 bits per heavy atom. The lowest BCUT2D eigenvalue weighted by Crippen LogP contribution is -2.49. The number of hydrogen-bond donors (Lipinski definition) is 0. The second kappa shape index (κ2) is 10.1. The number of carbonyl (C=O) groups is 1. The van der Waals surface area contributed by atoms with Crippen LogP contribution in [0.2, 0.25) is 5.02 Å². The standard InChI is InChI=1S/C23H27ClN2O3S/c1-2-28-23(27)26-11-9-25(10-12-26)13-14-29-22-19-6-4-3-5-17(19)16-30-21-8-7-18(24)15-20(21)22/h3-8,15,22H,2,9-14,16H2,1H3/t22-/m0/s1. The lowest BCUT2D eigenvalue weighted by Gasteiger charge is -2.34. The molecule has 1 fully saturated rings. The average molecular weight is 447 g/mol. The van der Waals surface area contributed by atoms with Crippen molar-refractivity contribution < 1.29 is 14.3 Å². The first-order valence-electron chi connectivity index (χ1n) is 10.4. The minimum atomic E-state index is -0.213. The largest absolute Gasteiger partial charge is 0.450 e. The molecule has 0 aromatic heterocycles. The Labute approximate surface area is 187 Å². The fraction of sp³-hybridized carbons (Fsp3) is 0.435. The highest BCUT2D eigenvalue weighted by atomic mass is 35.5. The molecule has 1 atom stereocenters. The minimum absolute atomic E-state index is 0.120. The van der Waals surface area contributed by atoms with E-state index in [1.165, 1.54) is 16.0 Å². The van der Waals surface area contributed by atoms with Crippen molar-refractivity contribution in [1.82, 2.24) is 9.80 Å². The summed E-state index contributed by atoms with van der Waals surface area (Å²) in [5.74, 6) is 0.931. The fourth-order valence-corrected chi connectivity index (χ4v) is 5.20. The highest BCUT2D eigenvalue weighted by Crippen LogP contribution is 2.42. The molecular weight excluding hydrogens is 420 g/mol. The van der Waals surface area contributed by atoms with Crippen molar-refractivity contribution in [3.05, 3.63) is 64.2 Å². The molecule has 4 rings (SSSR count). The van der Waals surface area contributed by atoms with Crippen LogP contribution in [0.25, 0.3) is 0 Å². The predicted molar refractivity (Wildman–Crippen MR) is 120 cm³/mol. The van der Waals surface area contributed by atoms with E-state index in [2.05, 4.69) is 35.2 Å². The van der Waals surface area contributed by atoms with E-state index in [-0.39, 0.29) is 12.2 Å². The molecule has 2 aliphatic heterocycles. The molecule has 0 radical (unpaired) electrons. The smallest absolute Gasteiger partial charge is 0.409 e. The molecule has 2 aromatic rings. The molecule has 2 aliphatic rings. The summed E-state index contributed by atoms with van der Waals surface area (Å²) in [6.45, 7) is 6.76. The Balaban J connectivity index is 1.40. The first kappa shape index (κ1) is 21.5. The van der Waals surface area contributed by atoms with Gasteiger partial charge in [0.2, 0.25) is 0 Å². The third-order valence-electron chi connectivity index (χ3n) is 5.57. The molecule has 2 aromatic carbocycles. The van der Waals surface area contributed by atoms with E-state index in [0.717, 1.165) is 36.0 Å². The second-order valence-corrected chi connectivity index (χ2v) is 8.90. The summed E-state index contributed by atoms with van der Waals surface area (Å²) in [6.07, 6.45) is -0.333. The van der Waals surface area contributed by atoms with Crippen molar-refractivity contribution in [2.75, 3.05) is 45.9 Å². The van der Waals surface area contributed by atoms with E-state index in [1.54, 1.807) is 4.90 Å². The maximum atomic E-state index is 11.9. The van der Waals surface area contributed by atoms with Crippen LogP contribution in [0.1, 0.15) is 29.7 Å². The van der Waals surface area contributed by atoms with Gasteiger partial charge in [0, 0.05) is 54.0 Å². The van der Waals surface area contributed by atoms with Gasteiger partial charge in [-0.15, -0.1) is 11.8 Å². The van der Waals surface area contributed by atoms with E-state index in [9.17, 15) is 4.79 Å². The Kier molecular flexibility index (Phi) is 7.20. The SMILES string of the molecule is CCOC(=O)N1CCN(CCO[C@H]2c3ccccc3CSc3ccc(Cl)cc32)CC1. The van der Waals surface area contributed by atoms with E-state index in [1.807, 2.05) is 30.8 Å².